The molecular formula is C19H16ClF. The van der Waals surface area contributed by atoms with E-state index < -0.39 is 0 Å². The molecule has 0 amide bonds. The van der Waals surface area contributed by atoms with Crippen LogP contribution in [0.1, 0.15) is 22.1 Å². The van der Waals surface area contributed by atoms with E-state index >= 15 is 0 Å². The molecule has 0 N–H and O–H groups in total. The second-order valence-electron chi connectivity index (χ2n) is 5.37. The number of halogens is 2. The lowest BCUT2D eigenvalue weighted by Crippen LogP contribution is -1.98. The van der Waals surface area contributed by atoms with E-state index in [1.165, 1.54) is 28.5 Å². The molecule has 106 valence electrons. The monoisotopic (exact) mass is 298 g/mol. The second-order valence-corrected chi connectivity index (χ2v) is 5.90. The third kappa shape index (κ3) is 3.08. The fourth-order valence-corrected chi connectivity index (χ4v) is 3.02. The fraction of sp³-hybridized carbons (Fsp3) is 0.158. The molecule has 3 aromatic rings. The van der Waals surface area contributed by atoms with Crippen LogP contribution in [0.15, 0.2) is 60.7 Å². The SMILES string of the molecule is Cc1cc(F)cc(C(Cl)Cc2cccc3ccccc23)c1. The summed E-state index contributed by atoms with van der Waals surface area (Å²) in [6.07, 6.45) is 0.686. The zero-order valence-electron chi connectivity index (χ0n) is 11.8. The predicted octanol–water partition coefficient (Wildman–Crippen LogP) is 5.81. The lowest BCUT2D eigenvalue weighted by atomic mass is 9.97. The number of hydrogen-bond acceptors (Lipinski definition) is 0. The summed E-state index contributed by atoms with van der Waals surface area (Å²) in [6, 6.07) is 19.5. The summed E-state index contributed by atoms with van der Waals surface area (Å²) >= 11 is 6.52. The van der Waals surface area contributed by atoms with E-state index in [0.29, 0.717) is 6.42 Å². The largest absolute Gasteiger partial charge is 0.207 e. The molecule has 0 spiro atoms. The molecule has 0 bridgehead atoms. The molecule has 2 heteroatoms. The van der Waals surface area contributed by atoms with Crippen molar-refractivity contribution in [1.82, 2.24) is 0 Å². The summed E-state index contributed by atoms with van der Waals surface area (Å²) in [7, 11) is 0. The standard InChI is InChI=1S/C19H16ClF/c1-13-9-16(11-17(21)10-13)19(20)12-15-7-4-6-14-5-2-3-8-18(14)15/h2-11,19H,12H2,1H3. The quantitative estimate of drug-likeness (QED) is 0.535. The van der Waals surface area contributed by atoms with Gasteiger partial charge in [0.15, 0.2) is 0 Å². The summed E-state index contributed by atoms with van der Waals surface area (Å²) in [5.74, 6) is -0.228. The van der Waals surface area contributed by atoms with Gasteiger partial charge in [-0.15, -0.1) is 11.6 Å². The molecule has 1 unspecified atom stereocenters. The minimum absolute atomic E-state index is 0.228. The highest BCUT2D eigenvalue weighted by atomic mass is 35.5. The maximum atomic E-state index is 13.5. The molecule has 3 rings (SSSR count). The van der Waals surface area contributed by atoms with Gasteiger partial charge in [0, 0.05) is 0 Å². The van der Waals surface area contributed by atoms with Gasteiger partial charge in [-0.1, -0.05) is 48.5 Å². The Morgan fingerprint density at radius 2 is 1.76 bits per heavy atom. The van der Waals surface area contributed by atoms with Crippen LogP contribution in [0.4, 0.5) is 4.39 Å². The molecule has 0 aromatic heterocycles. The van der Waals surface area contributed by atoms with Crippen LogP contribution in [0.25, 0.3) is 10.8 Å². The third-order valence-corrected chi connectivity index (χ3v) is 4.11. The predicted molar refractivity (Wildman–Crippen MR) is 87.4 cm³/mol. The maximum Gasteiger partial charge on any atom is 0.123 e. The van der Waals surface area contributed by atoms with E-state index in [9.17, 15) is 4.39 Å². The van der Waals surface area contributed by atoms with E-state index in [4.69, 9.17) is 11.6 Å². The third-order valence-electron chi connectivity index (χ3n) is 3.71. The van der Waals surface area contributed by atoms with Crippen molar-refractivity contribution in [3.63, 3.8) is 0 Å². The first kappa shape index (κ1) is 14.1. The zero-order valence-corrected chi connectivity index (χ0v) is 12.6. The molecule has 0 saturated heterocycles. The van der Waals surface area contributed by atoms with Crippen LogP contribution in [0.5, 0.6) is 0 Å². The van der Waals surface area contributed by atoms with E-state index in [1.54, 1.807) is 0 Å². The minimum atomic E-state index is -0.231. The Kier molecular flexibility index (Phi) is 3.94. The van der Waals surface area contributed by atoms with Crippen molar-refractivity contribution in [2.24, 2.45) is 0 Å². The molecule has 0 saturated carbocycles. The molecule has 0 aliphatic rings. The number of rotatable bonds is 3. The Hall–Kier alpha value is -1.86. The van der Waals surface area contributed by atoms with Crippen LogP contribution in [0.2, 0.25) is 0 Å². The van der Waals surface area contributed by atoms with Crippen molar-refractivity contribution in [1.29, 1.82) is 0 Å². The highest BCUT2D eigenvalue weighted by molar-refractivity contribution is 6.21. The summed E-state index contributed by atoms with van der Waals surface area (Å²) in [6.45, 7) is 1.88. The molecule has 0 fully saturated rings. The highest BCUT2D eigenvalue weighted by Crippen LogP contribution is 2.29. The van der Waals surface area contributed by atoms with Gasteiger partial charge in [0.05, 0.1) is 5.38 Å². The first-order chi connectivity index (χ1) is 10.1. The molecular weight excluding hydrogens is 283 g/mol. The van der Waals surface area contributed by atoms with Crippen molar-refractivity contribution in [2.45, 2.75) is 18.7 Å². The number of alkyl halides is 1. The van der Waals surface area contributed by atoms with Crippen molar-refractivity contribution >= 4 is 22.4 Å². The minimum Gasteiger partial charge on any atom is -0.207 e. The van der Waals surface area contributed by atoms with Crippen LogP contribution < -0.4 is 0 Å². The van der Waals surface area contributed by atoms with Crippen molar-refractivity contribution in [3.05, 3.63) is 83.2 Å². The van der Waals surface area contributed by atoms with E-state index in [1.807, 2.05) is 31.2 Å². The van der Waals surface area contributed by atoms with Crippen LogP contribution in [0.3, 0.4) is 0 Å². The van der Waals surface area contributed by atoms with E-state index in [0.717, 1.165) is 11.1 Å². The fourth-order valence-electron chi connectivity index (χ4n) is 2.73. The molecule has 0 aliphatic heterocycles. The normalized spacial score (nSPS) is 12.5. The number of aryl methyl sites for hydroxylation is 1. The number of hydrogen-bond donors (Lipinski definition) is 0. The van der Waals surface area contributed by atoms with E-state index in [-0.39, 0.29) is 11.2 Å². The Balaban J connectivity index is 1.94. The van der Waals surface area contributed by atoms with Crippen LogP contribution in [-0.4, -0.2) is 0 Å². The molecule has 3 aromatic carbocycles. The molecule has 0 aliphatic carbocycles. The van der Waals surface area contributed by atoms with E-state index in [2.05, 4.69) is 24.3 Å². The lowest BCUT2D eigenvalue weighted by Gasteiger charge is -2.13. The maximum absolute atomic E-state index is 13.5. The smallest absolute Gasteiger partial charge is 0.123 e. The van der Waals surface area contributed by atoms with Gasteiger partial charge in [0.1, 0.15) is 5.82 Å². The number of benzene rings is 3. The summed E-state index contributed by atoms with van der Waals surface area (Å²) < 4.78 is 13.5. The Bertz CT molecular complexity index is 754. The van der Waals surface area contributed by atoms with Crippen LogP contribution in [0, 0.1) is 12.7 Å². The lowest BCUT2D eigenvalue weighted by molar-refractivity contribution is 0.623. The van der Waals surface area contributed by atoms with Crippen molar-refractivity contribution < 1.29 is 4.39 Å². The van der Waals surface area contributed by atoms with Gasteiger partial charge in [-0.2, -0.15) is 0 Å². The highest BCUT2D eigenvalue weighted by Gasteiger charge is 2.12. The summed E-state index contributed by atoms with van der Waals surface area (Å²) in [5.41, 5.74) is 2.92. The molecule has 0 nitrogen and oxygen atoms in total. The Morgan fingerprint density at radius 3 is 2.57 bits per heavy atom. The van der Waals surface area contributed by atoms with Gasteiger partial charge in [-0.05, 0) is 52.9 Å². The molecule has 1 atom stereocenters. The van der Waals surface area contributed by atoms with Gasteiger partial charge in [0.25, 0.3) is 0 Å². The number of fused-ring (bicyclic) bond motifs is 1. The van der Waals surface area contributed by atoms with Gasteiger partial charge < -0.3 is 0 Å². The second kappa shape index (κ2) is 5.87. The van der Waals surface area contributed by atoms with Gasteiger partial charge in [-0.3, -0.25) is 0 Å². The molecule has 0 radical (unpaired) electrons. The van der Waals surface area contributed by atoms with Gasteiger partial charge in [0.2, 0.25) is 0 Å². The average molecular weight is 299 g/mol. The Labute approximate surface area is 129 Å². The van der Waals surface area contributed by atoms with Crippen LogP contribution >= 0.6 is 11.6 Å². The topological polar surface area (TPSA) is 0 Å². The van der Waals surface area contributed by atoms with Crippen molar-refractivity contribution in [2.75, 3.05) is 0 Å². The zero-order chi connectivity index (χ0) is 14.8. The summed E-state index contributed by atoms with van der Waals surface area (Å²) in [4.78, 5) is 0. The Morgan fingerprint density at radius 1 is 1.00 bits per heavy atom. The first-order valence-corrected chi connectivity index (χ1v) is 7.45. The van der Waals surface area contributed by atoms with Gasteiger partial charge >= 0.3 is 0 Å². The van der Waals surface area contributed by atoms with Crippen LogP contribution in [-0.2, 0) is 6.42 Å². The summed E-state index contributed by atoms with van der Waals surface area (Å²) in [5, 5.41) is 2.18. The van der Waals surface area contributed by atoms with Crippen molar-refractivity contribution in [3.8, 4) is 0 Å². The average Bonchev–Trinajstić information content (AvgIpc) is 2.46. The molecule has 0 heterocycles. The first-order valence-electron chi connectivity index (χ1n) is 7.01. The molecule has 21 heavy (non-hydrogen) atoms. The van der Waals surface area contributed by atoms with Gasteiger partial charge in [-0.25, -0.2) is 4.39 Å².